The van der Waals surface area contributed by atoms with Gasteiger partial charge in [-0.25, -0.2) is 4.98 Å². The van der Waals surface area contributed by atoms with Crippen LogP contribution in [-0.2, 0) is 16.1 Å². The highest BCUT2D eigenvalue weighted by molar-refractivity contribution is 7.99. The fourth-order valence-electron chi connectivity index (χ4n) is 3.28. The van der Waals surface area contributed by atoms with Gasteiger partial charge in [0.1, 0.15) is 0 Å². The number of hydrogen-bond donors (Lipinski definition) is 1. The zero-order chi connectivity index (χ0) is 21.1. The lowest BCUT2D eigenvalue weighted by atomic mass is 10.2. The number of thioether (sulfide) groups is 1. The van der Waals surface area contributed by atoms with Crippen molar-refractivity contribution in [3.05, 3.63) is 23.8 Å². The van der Waals surface area contributed by atoms with Crippen LogP contribution >= 0.6 is 23.1 Å². The summed E-state index contributed by atoms with van der Waals surface area (Å²) < 4.78 is 8.64. The van der Waals surface area contributed by atoms with Crippen LogP contribution in [0.25, 0.3) is 10.2 Å². The minimum Gasteiger partial charge on any atom is -0.378 e. The van der Waals surface area contributed by atoms with E-state index < -0.39 is 0 Å². The van der Waals surface area contributed by atoms with Gasteiger partial charge >= 0.3 is 0 Å². The highest BCUT2D eigenvalue weighted by Gasteiger charge is 2.22. The van der Waals surface area contributed by atoms with Crippen LogP contribution in [0.5, 0.6) is 0 Å². The lowest BCUT2D eigenvalue weighted by Crippen LogP contribution is -2.38. The second-order valence-electron chi connectivity index (χ2n) is 7.71. The molecule has 160 valence electrons. The van der Waals surface area contributed by atoms with E-state index in [1.54, 1.807) is 0 Å². The molecule has 3 aromatic rings. The van der Waals surface area contributed by atoms with Crippen LogP contribution in [0.3, 0.4) is 0 Å². The van der Waals surface area contributed by atoms with Crippen LogP contribution in [-0.4, -0.2) is 57.7 Å². The molecule has 0 atom stereocenters. The lowest BCUT2D eigenvalue weighted by Gasteiger charge is -2.28. The molecular weight excluding hydrogens is 420 g/mol. The van der Waals surface area contributed by atoms with Crippen LogP contribution in [0.15, 0.2) is 23.4 Å². The third-order valence-corrected chi connectivity index (χ3v) is 6.56. The number of hydrogen-bond acceptors (Lipinski definition) is 8. The molecule has 0 saturated carbocycles. The number of nitrogens with zero attached hydrogens (tertiary/aromatic N) is 5. The van der Waals surface area contributed by atoms with Gasteiger partial charge in [-0.2, -0.15) is 0 Å². The molecule has 0 radical (unpaired) electrons. The molecule has 30 heavy (non-hydrogen) atoms. The van der Waals surface area contributed by atoms with E-state index in [0.717, 1.165) is 41.0 Å². The van der Waals surface area contributed by atoms with Crippen molar-refractivity contribution in [1.29, 1.82) is 0 Å². The maximum Gasteiger partial charge on any atom is 0.236 e. The molecule has 1 fully saturated rings. The number of anilines is 2. The number of benzene rings is 1. The molecule has 0 spiro atoms. The molecule has 3 heterocycles. The minimum absolute atomic E-state index is 0.0946. The number of nitrogens with one attached hydrogen (secondary N) is 1. The first-order chi connectivity index (χ1) is 14.5. The molecule has 0 unspecified atom stereocenters. The molecule has 4 rings (SSSR count). The summed E-state index contributed by atoms with van der Waals surface area (Å²) in [6.45, 7) is 10.2. The summed E-state index contributed by atoms with van der Waals surface area (Å²) in [6, 6.07) is 6.09. The molecule has 10 heteroatoms. The first-order valence-corrected chi connectivity index (χ1v) is 11.9. The summed E-state index contributed by atoms with van der Waals surface area (Å²) in [5.41, 5.74) is 2.08. The van der Waals surface area contributed by atoms with Crippen LogP contribution in [0, 0.1) is 12.8 Å². The van der Waals surface area contributed by atoms with Crippen molar-refractivity contribution in [1.82, 2.24) is 19.7 Å². The third-order valence-electron chi connectivity index (χ3n) is 4.66. The van der Waals surface area contributed by atoms with Gasteiger partial charge in [0.05, 0.1) is 29.2 Å². The van der Waals surface area contributed by atoms with E-state index >= 15 is 0 Å². The molecule has 1 aliphatic heterocycles. The fraction of sp³-hybridized carbons (Fsp3) is 0.500. The summed E-state index contributed by atoms with van der Waals surface area (Å²) in [5, 5.41) is 13.1. The molecule has 8 nitrogen and oxygen atoms in total. The average molecular weight is 447 g/mol. The maximum atomic E-state index is 12.5. The van der Waals surface area contributed by atoms with Gasteiger partial charge in [-0.05, 0) is 30.5 Å². The highest BCUT2D eigenvalue weighted by Crippen LogP contribution is 2.28. The molecule has 1 aliphatic rings. The number of rotatable bonds is 7. The van der Waals surface area contributed by atoms with E-state index in [-0.39, 0.29) is 11.7 Å². The van der Waals surface area contributed by atoms with Gasteiger partial charge in [-0.3, -0.25) is 9.36 Å². The summed E-state index contributed by atoms with van der Waals surface area (Å²) in [4.78, 5) is 19.2. The number of carbonyl (C=O) groups is 1. The van der Waals surface area contributed by atoms with E-state index in [1.807, 2.05) is 19.1 Å². The predicted octanol–water partition coefficient (Wildman–Crippen LogP) is 3.42. The van der Waals surface area contributed by atoms with E-state index in [0.29, 0.717) is 24.3 Å². The molecular formula is C20H26N6O2S2. The van der Waals surface area contributed by atoms with Crippen molar-refractivity contribution in [2.45, 2.75) is 32.5 Å². The van der Waals surface area contributed by atoms with E-state index in [2.05, 4.69) is 49.9 Å². The third kappa shape index (κ3) is 4.93. The molecule has 1 aromatic carbocycles. The van der Waals surface area contributed by atoms with Crippen molar-refractivity contribution in [2.24, 2.45) is 5.92 Å². The van der Waals surface area contributed by atoms with E-state index in [9.17, 15) is 4.79 Å². The summed E-state index contributed by atoms with van der Waals surface area (Å²) >= 11 is 2.90. The van der Waals surface area contributed by atoms with Gasteiger partial charge in [0, 0.05) is 19.6 Å². The maximum absolute atomic E-state index is 12.5. The zero-order valence-electron chi connectivity index (χ0n) is 17.4. The Labute approximate surface area is 184 Å². The van der Waals surface area contributed by atoms with Crippen molar-refractivity contribution in [3.63, 3.8) is 0 Å². The fourth-order valence-corrected chi connectivity index (χ4v) is 5.00. The Morgan fingerprint density at radius 1 is 1.30 bits per heavy atom. The van der Waals surface area contributed by atoms with Crippen LogP contribution in [0.2, 0.25) is 0 Å². The summed E-state index contributed by atoms with van der Waals surface area (Å²) in [6.07, 6.45) is 0. The number of aryl methyl sites for hydroxylation is 1. The predicted molar refractivity (Wildman–Crippen MR) is 122 cm³/mol. The summed E-state index contributed by atoms with van der Waals surface area (Å²) in [7, 11) is 0. The van der Waals surface area contributed by atoms with Gasteiger partial charge in [-0.15, -0.1) is 10.2 Å². The number of fused-ring (bicyclic) bond motifs is 1. The normalized spacial score (nSPS) is 14.6. The van der Waals surface area contributed by atoms with Crippen LogP contribution < -0.4 is 10.2 Å². The zero-order valence-corrected chi connectivity index (χ0v) is 19.1. The van der Waals surface area contributed by atoms with E-state index in [1.165, 1.54) is 28.7 Å². The molecule has 1 amide bonds. The van der Waals surface area contributed by atoms with Crippen molar-refractivity contribution in [2.75, 3.05) is 42.3 Å². The van der Waals surface area contributed by atoms with Crippen molar-refractivity contribution < 1.29 is 9.53 Å². The first-order valence-electron chi connectivity index (χ1n) is 10.1. The Kier molecular flexibility index (Phi) is 6.55. The molecule has 1 saturated heterocycles. The number of thiazole rings is 1. The van der Waals surface area contributed by atoms with Gasteiger partial charge in [0.15, 0.2) is 10.3 Å². The molecule has 2 aromatic heterocycles. The Hall–Kier alpha value is -2.17. The van der Waals surface area contributed by atoms with Gasteiger partial charge in [-0.1, -0.05) is 43.0 Å². The monoisotopic (exact) mass is 446 g/mol. The number of ether oxygens (including phenoxy) is 1. The second-order valence-corrected chi connectivity index (χ2v) is 9.69. The first kappa shape index (κ1) is 21.1. The van der Waals surface area contributed by atoms with Gasteiger partial charge < -0.3 is 15.0 Å². The number of carbonyl (C=O) groups excluding carboxylic acids is 1. The van der Waals surface area contributed by atoms with Gasteiger partial charge in [0.2, 0.25) is 11.9 Å². The Morgan fingerprint density at radius 3 is 2.87 bits per heavy atom. The Balaban J connectivity index is 1.42. The Morgan fingerprint density at radius 2 is 2.10 bits per heavy atom. The summed E-state index contributed by atoms with van der Waals surface area (Å²) in [5.74, 6) is 1.47. The quantitative estimate of drug-likeness (QED) is 0.557. The second kappa shape index (κ2) is 9.32. The van der Waals surface area contributed by atoms with Crippen molar-refractivity contribution >= 4 is 50.3 Å². The largest absolute Gasteiger partial charge is 0.378 e. The number of morpholine rings is 1. The van der Waals surface area contributed by atoms with Crippen molar-refractivity contribution in [3.8, 4) is 0 Å². The van der Waals surface area contributed by atoms with Crippen LogP contribution in [0.1, 0.15) is 19.4 Å². The Bertz CT molecular complexity index is 1030. The number of aromatic nitrogens is 4. The van der Waals surface area contributed by atoms with E-state index in [4.69, 9.17) is 4.74 Å². The SMILES string of the molecule is Cc1ccc2nc(NC(=O)CSc3nnc(N4CCOCC4)n3CC(C)C)sc2c1. The topological polar surface area (TPSA) is 85.2 Å². The average Bonchev–Trinajstić information content (AvgIpc) is 3.29. The molecule has 1 N–H and O–H groups in total. The van der Waals surface area contributed by atoms with Gasteiger partial charge in [0.25, 0.3) is 0 Å². The molecule has 0 bridgehead atoms. The van der Waals surface area contributed by atoms with Crippen LogP contribution in [0.4, 0.5) is 11.1 Å². The lowest BCUT2D eigenvalue weighted by molar-refractivity contribution is -0.113. The smallest absolute Gasteiger partial charge is 0.236 e. The standard InChI is InChI=1S/C20H26N6O2S2/c1-13(2)11-26-19(25-6-8-28-9-7-25)23-24-20(26)29-12-17(27)22-18-21-15-5-4-14(3)10-16(15)30-18/h4-5,10,13H,6-9,11-12H2,1-3H3,(H,21,22,27). The highest BCUT2D eigenvalue weighted by atomic mass is 32.2. The molecule has 0 aliphatic carbocycles. The minimum atomic E-state index is -0.0946. The number of amides is 1.